The molecule has 0 saturated heterocycles. The first-order valence-electron chi connectivity index (χ1n) is 6.73. The van der Waals surface area contributed by atoms with E-state index < -0.39 is 0 Å². The topological polar surface area (TPSA) is 34.1 Å². The number of nitrogens with one attached hydrogen (secondary N) is 1. The van der Waals surface area contributed by atoms with Gasteiger partial charge in [-0.1, -0.05) is 42.5 Å². The van der Waals surface area contributed by atoms with E-state index in [-0.39, 0.29) is 0 Å². The summed E-state index contributed by atoms with van der Waals surface area (Å²) < 4.78 is 5.15. The van der Waals surface area contributed by atoms with Crippen LogP contribution in [0.25, 0.3) is 11.3 Å². The summed E-state index contributed by atoms with van der Waals surface area (Å²) in [5.41, 5.74) is 3.36. The smallest absolute Gasteiger partial charge is 0.183 e. The Bertz CT molecular complexity index is 692. The van der Waals surface area contributed by atoms with Crippen molar-refractivity contribution in [1.29, 1.82) is 0 Å². The number of hydrogen-bond acceptors (Lipinski definition) is 4. The number of benzene rings is 2. The second-order valence-corrected chi connectivity index (χ2v) is 5.46. The molecular weight excluding hydrogens is 280 g/mol. The maximum absolute atomic E-state index is 5.15. The van der Waals surface area contributed by atoms with Gasteiger partial charge in [-0.3, -0.25) is 0 Å². The summed E-state index contributed by atoms with van der Waals surface area (Å²) in [4.78, 5) is 4.61. The number of aromatic nitrogens is 1. The third-order valence-corrected chi connectivity index (χ3v) is 3.98. The van der Waals surface area contributed by atoms with Crippen molar-refractivity contribution in [2.75, 3.05) is 12.4 Å². The maximum Gasteiger partial charge on any atom is 0.183 e. The highest BCUT2D eigenvalue weighted by atomic mass is 32.1. The van der Waals surface area contributed by atoms with E-state index in [1.165, 1.54) is 5.56 Å². The third-order valence-electron chi connectivity index (χ3n) is 3.18. The van der Waals surface area contributed by atoms with Gasteiger partial charge in [0, 0.05) is 17.5 Å². The minimum Gasteiger partial charge on any atom is -0.497 e. The Labute approximate surface area is 128 Å². The Hall–Kier alpha value is -2.33. The molecule has 2 aromatic carbocycles. The molecule has 0 amide bonds. The fraction of sp³-hybridized carbons (Fsp3) is 0.118. The zero-order valence-corrected chi connectivity index (χ0v) is 12.6. The van der Waals surface area contributed by atoms with Crippen LogP contribution in [0.15, 0.2) is 60.0 Å². The summed E-state index contributed by atoms with van der Waals surface area (Å²) in [6, 6.07) is 18.2. The van der Waals surface area contributed by atoms with E-state index in [1.807, 2.05) is 30.3 Å². The molecule has 0 aliphatic rings. The van der Waals surface area contributed by atoms with Crippen molar-refractivity contribution >= 4 is 16.5 Å². The summed E-state index contributed by atoms with van der Waals surface area (Å²) in [6.45, 7) is 0.756. The average molecular weight is 296 g/mol. The van der Waals surface area contributed by atoms with Gasteiger partial charge in [-0.05, 0) is 17.7 Å². The first kappa shape index (κ1) is 13.6. The van der Waals surface area contributed by atoms with Crippen molar-refractivity contribution in [3.8, 4) is 17.0 Å². The summed E-state index contributed by atoms with van der Waals surface area (Å²) in [5.74, 6) is 0.874. The predicted molar refractivity (Wildman–Crippen MR) is 87.9 cm³/mol. The molecule has 0 bridgehead atoms. The molecule has 1 N–H and O–H groups in total. The standard InChI is InChI=1S/C17H16N2OS/c1-20-15-9-7-13(8-10-15)11-18-17-19-16(12-21-17)14-5-3-2-4-6-14/h2-10,12H,11H2,1H3,(H,18,19). The SMILES string of the molecule is COc1ccc(CNc2nc(-c3ccccc3)cs2)cc1. The molecule has 3 nitrogen and oxygen atoms in total. The van der Waals surface area contributed by atoms with Gasteiger partial charge >= 0.3 is 0 Å². The van der Waals surface area contributed by atoms with Crippen molar-refractivity contribution in [3.63, 3.8) is 0 Å². The van der Waals surface area contributed by atoms with Gasteiger partial charge in [-0.15, -0.1) is 11.3 Å². The Balaban J connectivity index is 1.64. The van der Waals surface area contributed by atoms with Crippen molar-refractivity contribution in [2.45, 2.75) is 6.54 Å². The van der Waals surface area contributed by atoms with Crippen LogP contribution < -0.4 is 10.1 Å². The van der Waals surface area contributed by atoms with Gasteiger partial charge in [-0.2, -0.15) is 0 Å². The molecule has 0 spiro atoms. The van der Waals surface area contributed by atoms with E-state index in [4.69, 9.17) is 4.74 Å². The molecule has 4 heteroatoms. The largest absolute Gasteiger partial charge is 0.497 e. The fourth-order valence-electron chi connectivity index (χ4n) is 2.02. The van der Waals surface area contributed by atoms with Crippen LogP contribution in [0.5, 0.6) is 5.75 Å². The molecule has 0 radical (unpaired) electrons. The lowest BCUT2D eigenvalue weighted by Crippen LogP contribution is -1.98. The zero-order chi connectivity index (χ0) is 14.5. The fourth-order valence-corrected chi connectivity index (χ4v) is 2.74. The van der Waals surface area contributed by atoms with Gasteiger partial charge in [-0.25, -0.2) is 4.98 Å². The normalized spacial score (nSPS) is 10.3. The average Bonchev–Trinajstić information content (AvgIpc) is 3.03. The lowest BCUT2D eigenvalue weighted by molar-refractivity contribution is 0.414. The van der Waals surface area contributed by atoms with Gasteiger partial charge in [0.25, 0.3) is 0 Å². The Morgan fingerprint density at radius 3 is 2.52 bits per heavy atom. The molecule has 1 aromatic heterocycles. The Kier molecular flexibility index (Phi) is 4.17. The van der Waals surface area contributed by atoms with Crippen LogP contribution in [-0.2, 0) is 6.54 Å². The van der Waals surface area contributed by atoms with Crippen molar-refractivity contribution < 1.29 is 4.74 Å². The monoisotopic (exact) mass is 296 g/mol. The number of hydrogen-bond donors (Lipinski definition) is 1. The van der Waals surface area contributed by atoms with Crippen LogP contribution in [0.4, 0.5) is 5.13 Å². The van der Waals surface area contributed by atoms with Crippen LogP contribution in [0.3, 0.4) is 0 Å². The molecule has 3 rings (SSSR count). The molecule has 1 heterocycles. The van der Waals surface area contributed by atoms with Crippen LogP contribution in [0.2, 0.25) is 0 Å². The lowest BCUT2D eigenvalue weighted by atomic mass is 10.2. The van der Waals surface area contributed by atoms with E-state index in [0.717, 1.165) is 28.7 Å². The first-order valence-corrected chi connectivity index (χ1v) is 7.61. The van der Waals surface area contributed by atoms with Gasteiger partial charge < -0.3 is 10.1 Å². The predicted octanol–water partition coefficient (Wildman–Crippen LogP) is 4.43. The molecule has 0 aliphatic carbocycles. The van der Waals surface area contributed by atoms with Gasteiger partial charge in [0.15, 0.2) is 5.13 Å². The second kappa shape index (κ2) is 6.41. The Morgan fingerprint density at radius 1 is 1.05 bits per heavy atom. The molecule has 21 heavy (non-hydrogen) atoms. The third kappa shape index (κ3) is 3.41. The Morgan fingerprint density at radius 2 is 1.81 bits per heavy atom. The number of nitrogens with zero attached hydrogens (tertiary/aromatic N) is 1. The highest BCUT2D eigenvalue weighted by Crippen LogP contribution is 2.25. The van der Waals surface area contributed by atoms with Gasteiger partial charge in [0.1, 0.15) is 5.75 Å². The maximum atomic E-state index is 5.15. The highest BCUT2D eigenvalue weighted by molar-refractivity contribution is 7.14. The molecular formula is C17H16N2OS. The molecule has 0 unspecified atom stereocenters. The quantitative estimate of drug-likeness (QED) is 0.756. The summed E-state index contributed by atoms with van der Waals surface area (Å²) in [6.07, 6.45) is 0. The zero-order valence-electron chi connectivity index (χ0n) is 11.7. The lowest BCUT2D eigenvalue weighted by Gasteiger charge is -2.04. The van der Waals surface area contributed by atoms with Crippen LogP contribution in [0, 0.1) is 0 Å². The van der Waals surface area contributed by atoms with E-state index in [1.54, 1.807) is 18.4 Å². The number of methoxy groups -OCH3 is 1. The molecule has 106 valence electrons. The summed E-state index contributed by atoms with van der Waals surface area (Å²) in [7, 11) is 1.67. The minimum absolute atomic E-state index is 0.756. The van der Waals surface area contributed by atoms with Crippen molar-refractivity contribution in [1.82, 2.24) is 4.98 Å². The molecule has 0 atom stereocenters. The second-order valence-electron chi connectivity index (χ2n) is 4.61. The summed E-state index contributed by atoms with van der Waals surface area (Å²) in [5, 5.41) is 6.37. The first-order chi connectivity index (χ1) is 10.3. The highest BCUT2D eigenvalue weighted by Gasteiger charge is 2.03. The molecule has 0 fully saturated rings. The number of rotatable bonds is 5. The number of anilines is 1. The van der Waals surface area contributed by atoms with E-state index >= 15 is 0 Å². The van der Waals surface area contributed by atoms with Gasteiger partial charge in [0.2, 0.25) is 0 Å². The summed E-state index contributed by atoms with van der Waals surface area (Å²) >= 11 is 1.62. The van der Waals surface area contributed by atoms with Crippen molar-refractivity contribution in [2.24, 2.45) is 0 Å². The number of thiazole rings is 1. The van der Waals surface area contributed by atoms with E-state index in [2.05, 4.69) is 39.9 Å². The van der Waals surface area contributed by atoms with E-state index in [0.29, 0.717) is 0 Å². The van der Waals surface area contributed by atoms with Crippen molar-refractivity contribution in [3.05, 3.63) is 65.5 Å². The van der Waals surface area contributed by atoms with Crippen LogP contribution in [-0.4, -0.2) is 12.1 Å². The minimum atomic E-state index is 0.756. The number of ether oxygens (including phenoxy) is 1. The molecule has 3 aromatic rings. The molecule has 0 saturated carbocycles. The van der Waals surface area contributed by atoms with Gasteiger partial charge in [0.05, 0.1) is 12.8 Å². The van der Waals surface area contributed by atoms with Crippen LogP contribution in [0.1, 0.15) is 5.56 Å². The van der Waals surface area contributed by atoms with E-state index in [9.17, 15) is 0 Å². The van der Waals surface area contributed by atoms with Crippen LogP contribution >= 0.6 is 11.3 Å². The molecule has 0 aliphatic heterocycles.